The van der Waals surface area contributed by atoms with Gasteiger partial charge in [-0.15, -0.1) is 0 Å². The number of fused-ring (bicyclic) bond motifs is 1. The summed E-state index contributed by atoms with van der Waals surface area (Å²) in [5.74, 6) is 0.644. The standard InChI is InChI=1S/C22H31N5O/c1-4-27-12-19(10-23-27)21(28)26-14-20-13-25(11-18-8-6-5-7-9-18)16-22(20,17-26)15-24(2)3/h5-10,12,20H,4,11,13-17H2,1-3H3/t20-,22+/m1/s1. The maximum Gasteiger partial charge on any atom is 0.257 e. The molecular weight excluding hydrogens is 350 g/mol. The van der Waals surface area contributed by atoms with E-state index in [1.165, 1.54) is 5.56 Å². The van der Waals surface area contributed by atoms with E-state index in [1.54, 1.807) is 6.20 Å². The molecule has 0 spiro atoms. The van der Waals surface area contributed by atoms with E-state index in [0.29, 0.717) is 11.5 Å². The van der Waals surface area contributed by atoms with Gasteiger partial charge in [0.25, 0.3) is 5.91 Å². The Morgan fingerprint density at radius 1 is 1.21 bits per heavy atom. The predicted octanol–water partition coefficient (Wildman–Crippen LogP) is 2.04. The van der Waals surface area contributed by atoms with Crippen molar-refractivity contribution in [3.05, 3.63) is 53.9 Å². The highest BCUT2D eigenvalue weighted by Crippen LogP contribution is 2.43. The summed E-state index contributed by atoms with van der Waals surface area (Å²) in [6, 6.07) is 10.7. The van der Waals surface area contributed by atoms with Crippen molar-refractivity contribution in [1.82, 2.24) is 24.5 Å². The highest BCUT2D eigenvalue weighted by Gasteiger charge is 2.53. The fraction of sp³-hybridized carbons (Fsp3) is 0.545. The Kier molecular flexibility index (Phi) is 5.25. The summed E-state index contributed by atoms with van der Waals surface area (Å²) < 4.78 is 1.82. The lowest BCUT2D eigenvalue weighted by Crippen LogP contribution is -2.42. The van der Waals surface area contributed by atoms with Crippen LogP contribution in [0.3, 0.4) is 0 Å². The van der Waals surface area contributed by atoms with Crippen LogP contribution < -0.4 is 0 Å². The van der Waals surface area contributed by atoms with Gasteiger partial charge in [-0.1, -0.05) is 30.3 Å². The Balaban J connectivity index is 1.48. The van der Waals surface area contributed by atoms with Crippen LogP contribution in [0.25, 0.3) is 0 Å². The molecule has 6 heteroatoms. The lowest BCUT2D eigenvalue weighted by atomic mass is 9.80. The fourth-order valence-electron chi connectivity index (χ4n) is 5.09. The van der Waals surface area contributed by atoms with E-state index in [1.807, 2.05) is 17.8 Å². The molecule has 0 saturated carbocycles. The van der Waals surface area contributed by atoms with Crippen LogP contribution in [0.2, 0.25) is 0 Å². The second-order valence-corrected chi connectivity index (χ2v) is 8.72. The Morgan fingerprint density at radius 2 is 2.00 bits per heavy atom. The summed E-state index contributed by atoms with van der Waals surface area (Å²) >= 11 is 0. The second-order valence-electron chi connectivity index (χ2n) is 8.72. The molecule has 1 aromatic heterocycles. The van der Waals surface area contributed by atoms with Crippen molar-refractivity contribution >= 4 is 5.91 Å². The van der Waals surface area contributed by atoms with Crippen LogP contribution in [0.5, 0.6) is 0 Å². The van der Waals surface area contributed by atoms with E-state index >= 15 is 0 Å². The van der Waals surface area contributed by atoms with Gasteiger partial charge in [-0.3, -0.25) is 14.4 Å². The summed E-state index contributed by atoms with van der Waals surface area (Å²) in [6.07, 6.45) is 3.58. The van der Waals surface area contributed by atoms with E-state index < -0.39 is 0 Å². The number of benzene rings is 1. The first-order chi connectivity index (χ1) is 13.5. The van der Waals surface area contributed by atoms with Crippen molar-refractivity contribution in [2.24, 2.45) is 11.3 Å². The predicted molar refractivity (Wildman–Crippen MR) is 110 cm³/mol. The zero-order valence-corrected chi connectivity index (χ0v) is 17.2. The number of nitrogens with zero attached hydrogens (tertiary/aromatic N) is 5. The molecule has 4 rings (SSSR count). The van der Waals surface area contributed by atoms with Gasteiger partial charge in [-0.05, 0) is 32.5 Å². The van der Waals surface area contributed by atoms with Crippen molar-refractivity contribution in [3.63, 3.8) is 0 Å². The summed E-state index contributed by atoms with van der Waals surface area (Å²) in [7, 11) is 4.28. The van der Waals surface area contributed by atoms with Gasteiger partial charge in [-0.2, -0.15) is 5.10 Å². The quantitative estimate of drug-likeness (QED) is 0.768. The van der Waals surface area contributed by atoms with Gasteiger partial charge in [0.15, 0.2) is 0 Å². The molecule has 0 unspecified atom stereocenters. The minimum Gasteiger partial charge on any atom is -0.338 e. The molecule has 0 N–H and O–H groups in total. The van der Waals surface area contributed by atoms with Gasteiger partial charge in [0.05, 0.1) is 11.8 Å². The molecule has 2 fully saturated rings. The number of rotatable bonds is 6. The molecule has 0 aliphatic carbocycles. The topological polar surface area (TPSA) is 44.6 Å². The van der Waals surface area contributed by atoms with Gasteiger partial charge >= 0.3 is 0 Å². The Morgan fingerprint density at radius 3 is 2.68 bits per heavy atom. The monoisotopic (exact) mass is 381 g/mol. The van der Waals surface area contributed by atoms with Gasteiger partial charge in [-0.25, -0.2) is 0 Å². The van der Waals surface area contributed by atoms with E-state index in [9.17, 15) is 4.79 Å². The van der Waals surface area contributed by atoms with Gasteiger partial charge in [0.2, 0.25) is 0 Å². The first kappa shape index (κ1) is 19.2. The molecule has 3 heterocycles. The largest absolute Gasteiger partial charge is 0.338 e. The maximum atomic E-state index is 13.1. The summed E-state index contributed by atoms with van der Waals surface area (Å²) in [5, 5.41) is 4.28. The van der Waals surface area contributed by atoms with Crippen molar-refractivity contribution in [3.8, 4) is 0 Å². The average Bonchev–Trinajstić information content (AvgIpc) is 3.34. The second kappa shape index (κ2) is 7.68. The third kappa shape index (κ3) is 3.71. The first-order valence-electron chi connectivity index (χ1n) is 10.2. The van der Waals surface area contributed by atoms with Crippen LogP contribution in [0.15, 0.2) is 42.7 Å². The van der Waals surface area contributed by atoms with E-state index in [0.717, 1.165) is 45.8 Å². The maximum absolute atomic E-state index is 13.1. The number of hydrogen-bond acceptors (Lipinski definition) is 4. The Labute approximate surface area is 167 Å². The SMILES string of the molecule is CCn1cc(C(=O)N2C[C@H]3CN(Cc4ccccc4)C[C@@]3(CN(C)C)C2)cn1. The molecule has 2 saturated heterocycles. The third-order valence-electron chi connectivity index (χ3n) is 6.20. The highest BCUT2D eigenvalue weighted by molar-refractivity contribution is 5.94. The number of aromatic nitrogens is 2. The number of hydrogen-bond donors (Lipinski definition) is 0. The molecular formula is C22H31N5O. The van der Waals surface area contributed by atoms with Gasteiger partial charge in [0, 0.05) is 57.4 Å². The molecule has 2 aliphatic heterocycles. The van der Waals surface area contributed by atoms with Gasteiger partial charge < -0.3 is 9.80 Å². The molecule has 0 radical (unpaired) electrons. The van der Waals surface area contributed by atoms with Crippen LogP contribution in [-0.2, 0) is 13.1 Å². The van der Waals surface area contributed by atoms with Crippen molar-refractivity contribution in [1.29, 1.82) is 0 Å². The number of amides is 1. The average molecular weight is 382 g/mol. The van der Waals surface area contributed by atoms with Crippen molar-refractivity contribution in [2.75, 3.05) is 46.8 Å². The van der Waals surface area contributed by atoms with Crippen LogP contribution in [0.4, 0.5) is 0 Å². The number of carbonyl (C=O) groups excluding carboxylic acids is 1. The normalized spacial score (nSPS) is 24.9. The molecule has 1 amide bonds. The fourth-order valence-corrected chi connectivity index (χ4v) is 5.09. The molecule has 1 aromatic carbocycles. The molecule has 2 atom stereocenters. The van der Waals surface area contributed by atoms with E-state index in [2.05, 4.69) is 64.2 Å². The first-order valence-corrected chi connectivity index (χ1v) is 10.2. The van der Waals surface area contributed by atoms with Gasteiger partial charge in [0.1, 0.15) is 0 Å². The number of likely N-dealkylation sites (tertiary alicyclic amines) is 2. The minimum atomic E-state index is 0.127. The molecule has 2 aromatic rings. The molecule has 28 heavy (non-hydrogen) atoms. The number of carbonyl (C=O) groups is 1. The summed E-state index contributed by atoms with van der Waals surface area (Å²) in [6.45, 7) is 8.60. The molecule has 0 bridgehead atoms. The molecule has 6 nitrogen and oxygen atoms in total. The van der Waals surface area contributed by atoms with Crippen molar-refractivity contribution < 1.29 is 4.79 Å². The summed E-state index contributed by atoms with van der Waals surface area (Å²) in [4.78, 5) is 20.0. The zero-order valence-electron chi connectivity index (χ0n) is 17.2. The Bertz CT molecular complexity index is 817. The lowest BCUT2D eigenvalue weighted by Gasteiger charge is -2.32. The van der Waals surface area contributed by atoms with Crippen LogP contribution in [-0.4, -0.2) is 77.2 Å². The highest BCUT2D eigenvalue weighted by atomic mass is 16.2. The van der Waals surface area contributed by atoms with E-state index in [-0.39, 0.29) is 11.3 Å². The minimum absolute atomic E-state index is 0.127. The molecule has 2 aliphatic rings. The molecule has 150 valence electrons. The van der Waals surface area contributed by atoms with E-state index in [4.69, 9.17) is 0 Å². The number of aryl methyl sites for hydroxylation is 1. The summed E-state index contributed by atoms with van der Waals surface area (Å²) in [5.41, 5.74) is 2.22. The van der Waals surface area contributed by atoms with Crippen LogP contribution >= 0.6 is 0 Å². The smallest absolute Gasteiger partial charge is 0.257 e. The van der Waals surface area contributed by atoms with Crippen LogP contribution in [0.1, 0.15) is 22.8 Å². The Hall–Kier alpha value is -2.18. The zero-order chi connectivity index (χ0) is 19.7. The third-order valence-corrected chi connectivity index (χ3v) is 6.20. The van der Waals surface area contributed by atoms with Crippen molar-refractivity contribution in [2.45, 2.75) is 20.0 Å². The lowest BCUT2D eigenvalue weighted by molar-refractivity contribution is 0.0748. The van der Waals surface area contributed by atoms with Crippen LogP contribution in [0, 0.1) is 11.3 Å².